The van der Waals surface area contributed by atoms with Gasteiger partial charge < -0.3 is 5.10 Å². The van der Waals surface area contributed by atoms with Crippen molar-refractivity contribution in [2.45, 2.75) is 25.3 Å². The number of hydrogen-bond acceptors (Lipinski definition) is 1. The number of nitrogens with zero attached hydrogens (tertiary/aromatic N) is 1. The van der Waals surface area contributed by atoms with Gasteiger partial charge in [-0.3, -0.25) is 4.68 Å². The van der Waals surface area contributed by atoms with E-state index in [1.807, 2.05) is 16.8 Å². The molecule has 0 aliphatic heterocycles. The van der Waals surface area contributed by atoms with Crippen LogP contribution in [0.1, 0.15) is 30.0 Å². The monoisotopic (exact) mass is 308 g/mol. The molecule has 1 heterocycles. The summed E-state index contributed by atoms with van der Waals surface area (Å²) in [6.07, 6.45) is 2.60. The van der Waals surface area contributed by atoms with Crippen molar-refractivity contribution in [1.29, 1.82) is 0 Å². The van der Waals surface area contributed by atoms with Gasteiger partial charge in [0.05, 0.1) is 6.54 Å². The summed E-state index contributed by atoms with van der Waals surface area (Å²) >= 11 is 8.86. The maximum atomic E-state index is 5.37. The lowest BCUT2D eigenvalue weighted by Gasteiger charge is -2.04. The fourth-order valence-electron chi connectivity index (χ4n) is 1.99. The summed E-state index contributed by atoms with van der Waals surface area (Å²) in [4.78, 5) is 0. The summed E-state index contributed by atoms with van der Waals surface area (Å²) in [6.45, 7) is 0.811. The number of hydrogen-bond donors (Lipinski definition) is 1. The number of benzene rings is 1. The zero-order valence-electron chi connectivity index (χ0n) is 9.32. The van der Waals surface area contributed by atoms with Crippen molar-refractivity contribution in [1.82, 2.24) is 9.78 Å². The van der Waals surface area contributed by atoms with Crippen LogP contribution in [-0.2, 0) is 6.54 Å². The smallest absolute Gasteiger partial charge is 0.122 e. The third-order valence-electron chi connectivity index (χ3n) is 3.06. The van der Waals surface area contributed by atoms with Crippen molar-refractivity contribution in [2.75, 3.05) is 0 Å². The molecule has 1 fully saturated rings. The SMILES string of the molecule is S=c1cc(C2CC2)[nH]n1Cc1cccc(Br)c1. The van der Waals surface area contributed by atoms with E-state index in [1.165, 1.54) is 24.1 Å². The van der Waals surface area contributed by atoms with Gasteiger partial charge in [-0.25, -0.2) is 0 Å². The summed E-state index contributed by atoms with van der Waals surface area (Å²) in [5.41, 5.74) is 2.55. The summed E-state index contributed by atoms with van der Waals surface area (Å²) < 4.78 is 4.05. The van der Waals surface area contributed by atoms with Crippen LogP contribution in [0.3, 0.4) is 0 Å². The number of aromatic nitrogens is 2. The molecule has 3 rings (SSSR count). The third kappa shape index (κ3) is 2.53. The molecule has 0 saturated heterocycles. The molecule has 0 atom stereocenters. The number of aromatic amines is 1. The lowest BCUT2D eigenvalue weighted by molar-refractivity contribution is 0.664. The Kier molecular flexibility index (Phi) is 2.92. The molecule has 1 aliphatic rings. The highest BCUT2D eigenvalue weighted by atomic mass is 79.9. The summed E-state index contributed by atoms with van der Waals surface area (Å²) in [7, 11) is 0. The van der Waals surface area contributed by atoms with E-state index in [4.69, 9.17) is 12.2 Å². The highest BCUT2D eigenvalue weighted by Gasteiger charge is 2.25. The van der Waals surface area contributed by atoms with Crippen LogP contribution in [0.25, 0.3) is 0 Å². The number of rotatable bonds is 3. The summed E-state index contributed by atoms with van der Waals surface area (Å²) in [6, 6.07) is 10.4. The largest absolute Gasteiger partial charge is 0.301 e. The van der Waals surface area contributed by atoms with Crippen molar-refractivity contribution >= 4 is 28.1 Å². The van der Waals surface area contributed by atoms with Crippen molar-refractivity contribution in [3.05, 3.63) is 50.7 Å². The van der Waals surface area contributed by atoms with Crippen LogP contribution in [-0.4, -0.2) is 9.78 Å². The van der Waals surface area contributed by atoms with Gasteiger partial charge in [0.15, 0.2) is 0 Å². The molecule has 0 amide bonds. The van der Waals surface area contributed by atoms with Crippen LogP contribution < -0.4 is 0 Å². The van der Waals surface area contributed by atoms with E-state index < -0.39 is 0 Å². The fraction of sp³-hybridized carbons (Fsp3) is 0.308. The van der Waals surface area contributed by atoms with E-state index in [1.54, 1.807) is 0 Å². The summed E-state index contributed by atoms with van der Waals surface area (Å²) in [5.74, 6) is 0.723. The Hall–Kier alpha value is -0.870. The quantitative estimate of drug-likeness (QED) is 0.841. The fourth-order valence-corrected chi connectivity index (χ4v) is 2.68. The van der Waals surface area contributed by atoms with E-state index in [0.29, 0.717) is 0 Å². The van der Waals surface area contributed by atoms with Gasteiger partial charge >= 0.3 is 0 Å². The minimum Gasteiger partial charge on any atom is -0.301 e. The second-order valence-electron chi connectivity index (χ2n) is 4.54. The maximum absolute atomic E-state index is 5.37. The van der Waals surface area contributed by atoms with Crippen LogP contribution in [0.4, 0.5) is 0 Å². The first-order valence-corrected chi connectivity index (χ1v) is 6.97. The number of halogens is 1. The van der Waals surface area contributed by atoms with E-state index in [-0.39, 0.29) is 0 Å². The minimum absolute atomic E-state index is 0.723. The maximum Gasteiger partial charge on any atom is 0.122 e. The van der Waals surface area contributed by atoms with Crippen molar-refractivity contribution in [2.24, 2.45) is 0 Å². The highest BCUT2D eigenvalue weighted by Crippen LogP contribution is 2.39. The molecule has 2 aromatic rings. The zero-order chi connectivity index (χ0) is 11.8. The molecule has 0 spiro atoms. The topological polar surface area (TPSA) is 20.7 Å². The lowest BCUT2D eigenvalue weighted by Crippen LogP contribution is -2.02. The van der Waals surface area contributed by atoms with Crippen LogP contribution in [0.5, 0.6) is 0 Å². The second kappa shape index (κ2) is 4.42. The molecule has 1 aromatic heterocycles. The average molecular weight is 309 g/mol. The van der Waals surface area contributed by atoms with Crippen molar-refractivity contribution < 1.29 is 0 Å². The Bertz CT molecular complexity index is 595. The normalized spacial score (nSPS) is 15.1. The van der Waals surface area contributed by atoms with Crippen LogP contribution in [0.15, 0.2) is 34.8 Å². The molecule has 17 heavy (non-hydrogen) atoms. The standard InChI is InChI=1S/C13H13BrN2S/c14-11-3-1-2-9(6-11)8-16-13(17)7-12(15-16)10-4-5-10/h1-3,6-7,10,15H,4-5,8H2. The van der Waals surface area contributed by atoms with Gasteiger partial charge in [-0.2, -0.15) is 0 Å². The molecular formula is C13H13BrN2S. The first-order chi connectivity index (χ1) is 8.22. The molecule has 4 heteroatoms. The first-order valence-electron chi connectivity index (χ1n) is 5.76. The third-order valence-corrected chi connectivity index (χ3v) is 3.89. The molecule has 0 bridgehead atoms. The minimum atomic E-state index is 0.723. The Labute approximate surface area is 114 Å². The molecular weight excluding hydrogens is 296 g/mol. The average Bonchev–Trinajstić information content (AvgIpc) is 3.06. The molecule has 2 nitrogen and oxygen atoms in total. The molecule has 0 radical (unpaired) electrons. The molecule has 88 valence electrons. The Morgan fingerprint density at radius 2 is 2.18 bits per heavy atom. The van der Waals surface area contributed by atoms with Gasteiger partial charge in [0.2, 0.25) is 0 Å². The van der Waals surface area contributed by atoms with Gasteiger partial charge in [-0.05, 0) is 36.6 Å². The lowest BCUT2D eigenvalue weighted by atomic mass is 10.2. The van der Waals surface area contributed by atoms with Gasteiger partial charge in [0, 0.05) is 16.1 Å². The van der Waals surface area contributed by atoms with E-state index in [0.717, 1.165) is 21.6 Å². The Balaban J connectivity index is 1.87. The molecule has 1 saturated carbocycles. The Morgan fingerprint density at radius 3 is 2.88 bits per heavy atom. The van der Waals surface area contributed by atoms with E-state index >= 15 is 0 Å². The number of nitrogens with one attached hydrogen (secondary N) is 1. The number of H-pyrrole nitrogens is 1. The van der Waals surface area contributed by atoms with E-state index in [9.17, 15) is 0 Å². The van der Waals surface area contributed by atoms with Gasteiger partial charge in [0.1, 0.15) is 4.64 Å². The molecule has 1 N–H and O–H groups in total. The van der Waals surface area contributed by atoms with Crippen LogP contribution in [0.2, 0.25) is 0 Å². The molecule has 0 unspecified atom stereocenters. The van der Waals surface area contributed by atoms with Crippen LogP contribution in [0, 0.1) is 4.64 Å². The summed E-state index contributed by atoms with van der Waals surface area (Å²) in [5, 5.41) is 3.41. The first kappa shape index (κ1) is 11.2. The van der Waals surface area contributed by atoms with Crippen LogP contribution >= 0.6 is 28.1 Å². The van der Waals surface area contributed by atoms with Crippen molar-refractivity contribution in [3.8, 4) is 0 Å². The second-order valence-corrected chi connectivity index (χ2v) is 5.87. The van der Waals surface area contributed by atoms with Gasteiger partial charge in [0.25, 0.3) is 0 Å². The predicted molar refractivity (Wildman–Crippen MR) is 74.8 cm³/mol. The zero-order valence-corrected chi connectivity index (χ0v) is 11.7. The van der Waals surface area contributed by atoms with Gasteiger partial charge in [-0.1, -0.05) is 40.3 Å². The van der Waals surface area contributed by atoms with Crippen molar-refractivity contribution in [3.63, 3.8) is 0 Å². The Morgan fingerprint density at radius 1 is 1.35 bits per heavy atom. The molecule has 1 aliphatic carbocycles. The predicted octanol–water partition coefficient (Wildman–Crippen LogP) is 4.23. The van der Waals surface area contributed by atoms with Gasteiger partial charge in [-0.15, -0.1) is 0 Å². The highest BCUT2D eigenvalue weighted by molar-refractivity contribution is 9.10. The molecule has 1 aromatic carbocycles. The van der Waals surface area contributed by atoms with E-state index in [2.05, 4.69) is 39.2 Å².